The van der Waals surface area contributed by atoms with Crippen LogP contribution in [0.25, 0.3) is 0 Å². The van der Waals surface area contributed by atoms with Crippen molar-refractivity contribution in [3.63, 3.8) is 0 Å². The van der Waals surface area contributed by atoms with Gasteiger partial charge in [0.05, 0.1) is 26.2 Å². The van der Waals surface area contributed by atoms with E-state index in [0.29, 0.717) is 23.3 Å². The predicted octanol–water partition coefficient (Wildman–Crippen LogP) is 3.04. The van der Waals surface area contributed by atoms with Crippen molar-refractivity contribution in [2.45, 2.75) is 50.3 Å². The predicted molar refractivity (Wildman–Crippen MR) is 119 cm³/mol. The summed E-state index contributed by atoms with van der Waals surface area (Å²) in [5.74, 6) is 1.31. The van der Waals surface area contributed by atoms with Gasteiger partial charge in [0.15, 0.2) is 0 Å². The molecule has 0 aliphatic heterocycles. The molecule has 1 atom stereocenters. The molecule has 1 fully saturated rings. The standard InChI is InChI=1S/C20H32N2O5S2/c1-15(20(23)21-12-13-28-17-8-6-5-7-9-17)22(29(4,24)25)18-14-16(26-2)10-11-19(18)27-3/h10-11,14-15,17H,5-9,12-13H2,1-4H3,(H,21,23). The number of thioether (sulfide) groups is 1. The Balaban J connectivity index is 2.07. The van der Waals surface area contributed by atoms with Gasteiger partial charge in [-0.25, -0.2) is 8.42 Å². The number of nitrogens with zero attached hydrogens (tertiary/aromatic N) is 1. The molecule has 1 aliphatic carbocycles. The van der Waals surface area contributed by atoms with Gasteiger partial charge >= 0.3 is 0 Å². The molecule has 0 bridgehead atoms. The van der Waals surface area contributed by atoms with Crippen molar-refractivity contribution in [3.05, 3.63) is 18.2 Å². The van der Waals surface area contributed by atoms with Gasteiger partial charge in [-0.1, -0.05) is 19.3 Å². The number of ether oxygens (including phenoxy) is 2. The fourth-order valence-corrected chi connectivity index (χ4v) is 5.92. The molecule has 1 aliphatic rings. The zero-order valence-corrected chi connectivity index (χ0v) is 19.3. The summed E-state index contributed by atoms with van der Waals surface area (Å²) in [7, 11) is -0.782. The molecule has 9 heteroatoms. The molecule has 0 spiro atoms. The molecule has 2 rings (SSSR count). The van der Waals surface area contributed by atoms with Crippen LogP contribution in [0, 0.1) is 0 Å². The maximum absolute atomic E-state index is 12.7. The van der Waals surface area contributed by atoms with Gasteiger partial charge in [0.25, 0.3) is 0 Å². The summed E-state index contributed by atoms with van der Waals surface area (Å²) in [6, 6.07) is 3.93. The Bertz CT molecular complexity index is 779. The second-order valence-electron chi connectivity index (χ2n) is 7.19. The van der Waals surface area contributed by atoms with E-state index in [9.17, 15) is 13.2 Å². The number of carbonyl (C=O) groups excluding carboxylic acids is 1. The van der Waals surface area contributed by atoms with Crippen molar-refractivity contribution in [2.75, 3.05) is 37.1 Å². The van der Waals surface area contributed by atoms with Crippen LogP contribution in [0.15, 0.2) is 18.2 Å². The van der Waals surface area contributed by atoms with E-state index in [4.69, 9.17) is 9.47 Å². The Morgan fingerprint density at radius 3 is 2.52 bits per heavy atom. The van der Waals surface area contributed by atoms with Crippen molar-refractivity contribution in [1.29, 1.82) is 0 Å². The van der Waals surface area contributed by atoms with Gasteiger partial charge in [-0.05, 0) is 31.9 Å². The molecule has 7 nitrogen and oxygen atoms in total. The first kappa shape index (κ1) is 23.7. The third-order valence-electron chi connectivity index (χ3n) is 5.02. The molecule has 0 aromatic heterocycles. The molecule has 1 N–H and O–H groups in total. The average Bonchev–Trinajstić information content (AvgIpc) is 2.70. The molecule has 29 heavy (non-hydrogen) atoms. The lowest BCUT2D eigenvalue weighted by atomic mass is 10.0. The van der Waals surface area contributed by atoms with Crippen LogP contribution in [0.1, 0.15) is 39.0 Å². The summed E-state index contributed by atoms with van der Waals surface area (Å²) in [5.41, 5.74) is 0.272. The van der Waals surface area contributed by atoms with Gasteiger partial charge in [-0.2, -0.15) is 11.8 Å². The molecule has 0 radical (unpaired) electrons. The quantitative estimate of drug-likeness (QED) is 0.559. The maximum Gasteiger partial charge on any atom is 0.243 e. The van der Waals surface area contributed by atoms with Gasteiger partial charge in [0.1, 0.15) is 17.5 Å². The summed E-state index contributed by atoms with van der Waals surface area (Å²) in [6.07, 6.45) is 7.45. The Kier molecular flexibility index (Phi) is 8.95. The number of methoxy groups -OCH3 is 2. The van der Waals surface area contributed by atoms with Crippen LogP contribution >= 0.6 is 11.8 Å². The smallest absolute Gasteiger partial charge is 0.243 e. The van der Waals surface area contributed by atoms with E-state index in [0.717, 1.165) is 16.3 Å². The Morgan fingerprint density at radius 2 is 1.93 bits per heavy atom. The van der Waals surface area contributed by atoms with Gasteiger partial charge in [-0.3, -0.25) is 9.10 Å². The fourth-order valence-electron chi connectivity index (χ4n) is 3.53. The molecule has 164 valence electrons. The molecule has 1 aromatic carbocycles. The fraction of sp³-hybridized carbons (Fsp3) is 0.650. The van der Waals surface area contributed by atoms with Crippen molar-refractivity contribution in [2.24, 2.45) is 0 Å². The summed E-state index contributed by atoms with van der Waals surface area (Å²) < 4.78 is 36.7. The highest BCUT2D eigenvalue weighted by molar-refractivity contribution is 7.99. The summed E-state index contributed by atoms with van der Waals surface area (Å²) in [4.78, 5) is 12.7. The molecule has 1 aromatic rings. The zero-order valence-electron chi connectivity index (χ0n) is 17.6. The van der Waals surface area contributed by atoms with Crippen LogP contribution in [0.2, 0.25) is 0 Å². The molecule has 0 heterocycles. The number of benzene rings is 1. The largest absolute Gasteiger partial charge is 0.497 e. The summed E-state index contributed by atoms with van der Waals surface area (Å²) in [5, 5.41) is 3.55. The minimum Gasteiger partial charge on any atom is -0.497 e. The molecule has 1 unspecified atom stereocenters. The number of hydrogen-bond donors (Lipinski definition) is 1. The van der Waals surface area contributed by atoms with Crippen LogP contribution in [-0.2, 0) is 14.8 Å². The normalized spacial score (nSPS) is 16.1. The Morgan fingerprint density at radius 1 is 1.24 bits per heavy atom. The number of carbonyl (C=O) groups is 1. The highest BCUT2D eigenvalue weighted by Gasteiger charge is 2.31. The van der Waals surface area contributed by atoms with E-state index in [-0.39, 0.29) is 11.6 Å². The van der Waals surface area contributed by atoms with E-state index in [2.05, 4.69) is 5.32 Å². The van der Waals surface area contributed by atoms with Crippen molar-refractivity contribution in [1.82, 2.24) is 5.32 Å². The monoisotopic (exact) mass is 444 g/mol. The minimum atomic E-state index is -3.74. The zero-order chi connectivity index (χ0) is 21.4. The van der Waals surface area contributed by atoms with Crippen LogP contribution in [-0.4, -0.2) is 58.4 Å². The number of hydrogen-bond acceptors (Lipinski definition) is 6. The molecular formula is C20H32N2O5S2. The second kappa shape index (κ2) is 11.0. The van der Waals surface area contributed by atoms with E-state index >= 15 is 0 Å². The van der Waals surface area contributed by atoms with E-state index < -0.39 is 16.1 Å². The van der Waals surface area contributed by atoms with Gasteiger partial charge in [-0.15, -0.1) is 0 Å². The first-order valence-corrected chi connectivity index (χ1v) is 12.8. The number of nitrogens with one attached hydrogen (secondary N) is 1. The van der Waals surface area contributed by atoms with Crippen molar-refractivity contribution < 1.29 is 22.7 Å². The molecular weight excluding hydrogens is 412 g/mol. The highest BCUT2D eigenvalue weighted by atomic mass is 32.2. The lowest BCUT2D eigenvalue weighted by Crippen LogP contribution is -2.48. The number of anilines is 1. The SMILES string of the molecule is COc1ccc(OC)c(N(C(C)C(=O)NCCSC2CCCCC2)S(C)(=O)=O)c1. The van der Waals surface area contributed by atoms with E-state index in [1.165, 1.54) is 46.3 Å². The van der Waals surface area contributed by atoms with Crippen molar-refractivity contribution in [3.8, 4) is 11.5 Å². The van der Waals surface area contributed by atoms with Gasteiger partial charge in [0.2, 0.25) is 15.9 Å². The van der Waals surface area contributed by atoms with Crippen LogP contribution in [0.3, 0.4) is 0 Å². The first-order valence-electron chi connectivity index (χ1n) is 9.88. The second-order valence-corrected chi connectivity index (χ2v) is 10.5. The van der Waals surface area contributed by atoms with Crippen LogP contribution in [0.5, 0.6) is 11.5 Å². The number of sulfonamides is 1. The first-order chi connectivity index (χ1) is 13.8. The van der Waals surface area contributed by atoms with E-state index in [1.807, 2.05) is 11.8 Å². The van der Waals surface area contributed by atoms with Gasteiger partial charge in [0, 0.05) is 23.6 Å². The Labute approximate surface area is 178 Å². The number of rotatable bonds is 10. The lowest BCUT2D eigenvalue weighted by molar-refractivity contribution is -0.121. The summed E-state index contributed by atoms with van der Waals surface area (Å²) in [6.45, 7) is 2.08. The number of amides is 1. The average molecular weight is 445 g/mol. The lowest BCUT2D eigenvalue weighted by Gasteiger charge is -2.29. The van der Waals surface area contributed by atoms with Gasteiger partial charge < -0.3 is 14.8 Å². The topological polar surface area (TPSA) is 84.9 Å². The Hall–Kier alpha value is -1.61. The highest BCUT2D eigenvalue weighted by Crippen LogP contribution is 2.35. The molecule has 1 saturated carbocycles. The van der Waals surface area contributed by atoms with Crippen molar-refractivity contribution >= 4 is 33.4 Å². The minimum absolute atomic E-state index is 0.272. The third-order valence-corrected chi connectivity index (χ3v) is 7.63. The van der Waals surface area contributed by atoms with Crippen LogP contribution in [0.4, 0.5) is 5.69 Å². The van der Waals surface area contributed by atoms with Crippen LogP contribution < -0.4 is 19.1 Å². The van der Waals surface area contributed by atoms with E-state index in [1.54, 1.807) is 25.1 Å². The molecule has 1 amide bonds. The third kappa shape index (κ3) is 6.70. The molecule has 0 saturated heterocycles. The maximum atomic E-state index is 12.7. The summed E-state index contributed by atoms with van der Waals surface area (Å²) >= 11 is 1.89.